The highest BCUT2D eigenvalue weighted by Crippen LogP contribution is 1.98. The summed E-state index contributed by atoms with van der Waals surface area (Å²) in [6.45, 7) is 0. The van der Waals surface area contributed by atoms with Gasteiger partial charge in [0, 0.05) is 5.75 Å². The van der Waals surface area contributed by atoms with Gasteiger partial charge in [-0.05, 0) is 6.07 Å². The van der Waals surface area contributed by atoms with Crippen LogP contribution >= 0.6 is 12.6 Å². The molecule has 0 aliphatic rings. The van der Waals surface area contributed by atoms with Gasteiger partial charge in [0.2, 0.25) is 0 Å². The molecule has 0 aliphatic carbocycles. The van der Waals surface area contributed by atoms with Crippen LogP contribution in [-0.2, 0) is 5.75 Å². The third-order valence-corrected chi connectivity index (χ3v) is 1.36. The van der Waals surface area contributed by atoms with E-state index in [1.165, 1.54) is 6.33 Å². The second-order valence-corrected chi connectivity index (χ2v) is 2.01. The molecule has 0 fully saturated rings. The van der Waals surface area contributed by atoms with E-state index in [9.17, 15) is 0 Å². The van der Waals surface area contributed by atoms with E-state index in [1.807, 2.05) is 0 Å². The Morgan fingerprint density at radius 2 is 2.40 bits per heavy atom. The largest absolute Gasteiger partial charge is 0.240 e. The number of rotatable bonds is 1. The maximum atomic E-state index is 5.11. The average Bonchev–Trinajstić information content (AvgIpc) is 2.05. The molecule has 0 atom stereocenters. The molecule has 0 saturated carbocycles. The fourth-order valence-electron chi connectivity index (χ4n) is 0.563. The first-order valence-corrected chi connectivity index (χ1v) is 3.38. The number of terminal acetylenes is 1. The zero-order valence-electron chi connectivity index (χ0n) is 5.28. The molecule has 10 heavy (non-hydrogen) atoms. The van der Waals surface area contributed by atoms with Crippen molar-refractivity contribution in [1.29, 1.82) is 0 Å². The molecule has 0 unspecified atom stereocenters. The van der Waals surface area contributed by atoms with Gasteiger partial charge in [0.25, 0.3) is 0 Å². The summed E-state index contributed by atoms with van der Waals surface area (Å²) < 4.78 is 0. The van der Waals surface area contributed by atoms with Gasteiger partial charge in [-0.2, -0.15) is 12.6 Å². The van der Waals surface area contributed by atoms with Crippen molar-refractivity contribution in [3.63, 3.8) is 0 Å². The van der Waals surface area contributed by atoms with E-state index in [1.54, 1.807) is 6.07 Å². The normalized spacial score (nSPS) is 8.80. The van der Waals surface area contributed by atoms with E-state index in [-0.39, 0.29) is 0 Å². The van der Waals surface area contributed by atoms with Crippen LogP contribution in [0, 0.1) is 12.3 Å². The Balaban J connectivity index is 3.01. The third-order valence-electron chi connectivity index (χ3n) is 1.03. The summed E-state index contributed by atoms with van der Waals surface area (Å²) in [6, 6.07) is 1.74. The predicted molar refractivity (Wildman–Crippen MR) is 42.7 cm³/mol. The van der Waals surface area contributed by atoms with Gasteiger partial charge in [-0.15, -0.1) is 6.42 Å². The van der Waals surface area contributed by atoms with Crippen molar-refractivity contribution in [1.82, 2.24) is 9.97 Å². The first kappa shape index (κ1) is 7.10. The molecular weight excluding hydrogens is 144 g/mol. The highest BCUT2D eigenvalue weighted by Gasteiger charge is 1.91. The number of hydrogen-bond donors (Lipinski definition) is 1. The fourth-order valence-corrected chi connectivity index (χ4v) is 0.736. The van der Waals surface area contributed by atoms with Crippen LogP contribution in [0.2, 0.25) is 0 Å². The lowest BCUT2D eigenvalue weighted by atomic mass is 10.3. The average molecular weight is 150 g/mol. The topological polar surface area (TPSA) is 25.8 Å². The van der Waals surface area contributed by atoms with E-state index in [0.717, 1.165) is 5.69 Å². The first-order chi connectivity index (χ1) is 4.86. The molecule has 0 aliphatic heterocycles. The second kappa shape index (κ2) is 3.23. The van der Waals surface area contributed by atoms with Gasteiger partial charge in [0.15, 0.2) is 0 Å². The summed E-state index contributed by atoms with van der Waals surface area (Å²) in [5.41, 5.74) is 1.46. The van der Waals surface area contributed by atoms with Crippen LogP contribution in [0.15, 0.2) is 12.4 Å². The van der Waals surface area contributed by atoms with Crippen LogP contribution in [0.5, 0.6) is 0 Å². The molecule has 0 aromatic carbocycles. The number of hydrogen-bond acceptors (Lipinski definition) is 3. The van der Waals surface area contributed by atoms with Crippen molar-refractivity contribution in [2.24, 2.45) is 0 Å². The number of aromatic nitrogens is 2. The molecule has 1 aromatic heterocycles. The molecule has 2 nitrogen and oxygen atoms in total. The van der Waals surface area contributed by atoms with Crippen molar-refractivity contribution in [2.75, 3.05) is 0 Å². The highest BCUT2D eigenvalue weighted by atomic mass is 32.1. The van der Waals surface area contributed by atoms with Crippen LogP contribution in [0.25, 0.3) is 0 Å². The smallest absolute Gasteiger partial charge is 0.117 e. The lowest BCUT2D eigenvalue weighted by Gasteiger charge is -1.92. The summed E-state index contributed by atoms with van der Waals surface area (Å²) >= 11 is 4.04. The molecule has 3 heteroatoms. The van der Waals surface area contributed by atoms with E-state index in [0.29, 0.717) is 11.4 Å². The fraction of sp³-hybridized carbons (Fsp3) is 0.143. The van der Waals surface area contributed by atoms with Crippen molar-refractivity contribution < 1.29 is 0 Å². The van der Waals surface area contributed by atoms with Crippen LogP contribution < -0.4 is 0 Å². The monoisotopic (exact) mass is 150 g/mol. The standard InChI is InChI=1S/C7H6N2S/c1-2-6-3-7(4-10)9-5-8-6/h1,3,5,10H,4H2. The molecule has 1 heterocycles. The van der Waals surface area contributed by atoms with Crippen LogP contribution in [0.3, 0.4) is 0 Å². The highest BCUT2D eigenvalue weighted by molar-refractivity contribution is 7.79. The Morgan fingerprint density at radius 3 is 3.00 bits per heavy atom. The SMILES string of the molecule is C#Cc1cc(CS)ncn1. The quantitative estimate of drug-likeness (QED) is 0.475. The Morgan fingerprint density at radius 1 is 1.60 bits per heavy atom. The molecule has 50 valence electrons. The van der Waals surface area contributed by atoms with Gasteiger partial charge >= 0.3 is 0 Å². The van der Waals surface area contributed by atoms with E-state index >= 15 is 0 Å². The third kappa shape index (κ3) is 1.49. The number of nitrogens with zero attached hydrogens (tertiary/aromatic N) is 2. The van der Waals surface area contributed by atoms with E-state index in [4.69, 9.17) is 6.42 Å². The maximum absolute atomic E-state index is 5.11. The Bertz CT molecular complexity index is 265. The maximum Gasteiger partial charge on any atom is 0.117 e. The van der Waals surface area contributed by atoms with Gasteiger partial charge in [0.1, 0.15) is 12.0 Å². The van der Waals surface area contributed by atoms with Crippen LogP contribution in [0.4, 0.5) is 0 Å². The zero-order chi connectivity index (χ0) is 7.40. The Labute approximate surface area is 65.1 Å². The molecule has 0 N–H and O–H groups in total. The van der Waals surface area contributed by atoms with Crippen LogP contribution in [0.1, 0.15) is 11.4 Å². The molecule has 0 saturated heterocycles. The number of thiol groups is 1. The summed E-state index contributed by atoms with van der Waals surface area (Å²) in [4.78, 5) is 7.75. The molecule has 1 rings (SSSR count). The van der Waals surface area contributed by atoms with Gasteiger partial charge < -0.3 is 0 Å². The second-order valence-electron chi connectivity index (χ2n) is 1.70. The summed E-state index contributed by atoms with van der Waals surface area (Å²) in [5, 5.41) is 0. The molecule has 0 amide bonds. The summed E-state index contributed by atoms with van der Waals surface area (Å²) in [5.74, 6) is 3.01. The minimum Gasteiger partial charge on any atom is -0.240 e. The Hall–Kier alpha value is -1.01. The van der Waals surface area contributed by atoms with Gasteiger partial charge in [-0.3, -0.25) is 0 Å². The zero-order valence-corrected chi connectivity index (χ0v) is 6.18. The summed E-state index contributed by atoms with van der Waals surface area (Å²) in [7, 11) is 0. The van der Waals surface area contributed by atoms with Gasteiger partial charge in [0.05, 0.1) is 5.69 Å². The van der Waals surface area contributed by atoms with Crippen molar-refractivity contribution >= 4 is 12.6 Å². The van der Waals surface area contributed by atoms with Crippen LogP contribution in [-0.4, -0.2) is 9.97 Å². The molecule has 1 aromatic rings. The Kier molecular flexibility index (Phi) is 2.30. The molecule has 0 bridgehead atoms. The lowest BCUT2D eigenvalue weighted by molar-refractivity contribution is 1.08. The van der Waals surface area contributed by atoms with E-state index in [2.05, 4.69) is 28.5 Å². The minimum absolute atomic E-state index is 0.594. The minimum atomic E-state index is 0.594. The van der Waals surface area contributed by atoms with E-state index < -0.39 is 0 Å². The van der Waals surface area contributed by atoms with Gasteiger partial charge in [-0.1, -0.05) is 5.92 Å². The predicted octanol–water partition coefficient (Wildman–Crippen LogP) is 0.888. The van der Waals surface area contributed by atoms with Gasteiger partial charge in [-0.25, -0.2) is 9.97 Å². The van der Waals surface area contributed by atoms with Crippen molar-refractivity contribution in [3.05, 3.63) is 23.8 Å². The lowest BCUT2D eigenvalue weighted by Crippen LogP contribution is -1.89. The molecule has 0 radical (unpaired) electrons. The van der Waals surface area contributed by atoms with Crippen molar-refractivity contribution in [3.8, 4) is 12.3 Å². The molecular formula is C7H6N2S. The first-order valence-electron chi connectivity index (χ1n) is 2.75. The summed E-state index contributed by atoms with van der Waals surface area (Å²) in [6.07, 6.45) is 6.55. The van der Waals surface area contributed by atoms with Crippen molar-refractivity contribution in [2.45, 2.75) is 5.75 Å². The molecule has 0 spiro atoms.